The van der Waals surface area contributed by atoms with Crippen molar-refractivity contribution in [3.05, 3.63) is 78.5 Å². The molecule has 2 aromatic heterocycles. The van der Waals surface area contributed by atoms with Crippen LogP contribution in [-0.2, 0) is 11.2 Å². The molecule has 2 aromatic carbocycles. The van der Waals surface area contributed by atoms with Crippen LogP contribution in [0.15, 0.2) is 72.9 Å². The van der Waals surface area contributed by atoms with Gasteiger partial charge < -0.3 is 14.6 Å². The van der Waals surface area contributed by atoms with Gasteiger partial charge in [-0.3, -0.25) is 4.79 Å². The molecule has 0 unspecified atom stereocenters. The number of hydrogen-bond donors (Lipinski definition) is 1. The Kier molecular flexibility index (Phi) is 5.57. The third-order valence-electron chi connectivity index (χ3n) is 6.30. The van der Waals surface area contributed by atoms with Crippen molar-refractivity contribution in [2.45, 2.75) is 25.7 Å². The van der Waals surface area contributed by atoms with Crippen molar-refractivity contribution in [1.29, 1.82) is 0 Å². The van der Waals surface area contributed by atoms with Crippen LogP contribution in [0.5, 0.6) is 0 Å². The number of rotatable bonds is 6. The summed E-state index contributed by atoms with van der Waals surface area (Å²) in [6, 6.07) is 22.9. The van der Waals surface area contributed by atoms with Crippen molar-refractivity contribution >= 4 is 28.3 Å². The van der Waals surface area contributed by atoms with Gasteiger partial charge in [-0.05, 0) is 55.5 Å². The molecule has 1 amide bonds. The normalized spacial score (nSPS) is 14.9. The van der Waals surface area contributed by atoms with Crippen LogP contribution in [0.25, 0.3) is 16.6 Å². The van der Waals surface area contributed by atoms with Gasteiger partial charge in [0.15, 0.2) is 5.82 Å². The van der Waals surface area contributed by atoms with Gasteiger partial charge in [-0.15, -0.1) is 0 Å². The molecule has 1 fully saturated rings. The molecule has 0 radical (unpaired) electrons. The van der Waals surface area contributed by atoms with E-state index in [0.717, 1.165) is 67.7 Å². The minimum atomic E-state index is 0.0937. The minimum Gasteiger partial charge on any atom is -0.356 e. The average molecular weight is 413 g/mol. The fourth-order valence-electron chi connectivity index (χ4n) is 4.59. The maximum absolute atomic E-state index is 12.6. The molecular weight excluding hydrogens is 384 g/mol. The maximum atomic E-state index is 12.6. The van der Waals surface area contributed by atoms with E-state index in [1.54, 1.807) is 0 Å². The summed E-state index contributed by atoms with van der Waals surface area (Å²) in [5.74, 6) is 1.31. The van der Waals surface area contributed by atoms with E-state index in [1.807, 2.05) is 18.2 Å². The largest absolute Gasteiger partial charge is 0.356 e. The molecule has 5 nitrogen and oxygen atoms in total. The Bertz CT molecular complexity index is 1180. The number of benzene rings is 2. The minimum absolute atomic E-state index is 0.0937. The smallest absolute Gasteiger partial charge is 0.223 e. The quantitative estimate of drug-likeness (QED) is 0.476. The van der Waals surface area contributed by atoms with E-state index in [0.29, 0.717) is 0 Å². The van der Waals surface area contributed by atoms with Crippen molar-refractivity contribution in [1.82, 2.24) is 14.7 Å². The Morgan fingerprint density at radius 2 is 1.68 bits per heavy atom. The second-order valence-electron chi connectivity index (χ2n) is 8.33. The van der Waals surface area contributed by atoms with Gasteiger partial charge in [0.05, 0.1) is 16.6 Å². The third-order valence-corrected chi connectivity index (χ3v) is 6.30. The maximum Gasteiger partial charge on any atom is 0.223 e. The number of nitrogens with zero attached hydrogens (tertiary/aromatic N) is 3. The first-order chi connectivity index (χ1) is 15.3. The summed E-state index contributed by atoms with van der Waals surface area (Å²) >= 11 is 0. The van der Waals surface area contributed by atoms with Crippen LogP contribution in [0.1, 0.15) is 24.8 Å². The molecule has 1 aliphatic heterocycles. The number of para-hydroxylation sites is 2. The summed E-state index contributed by atoms with van der Waals surface area (Å²) in [5.41, 5.74) is 4.57. The van der Waals surface area contributed by atoms with E-state index in [-0.39, 0.29) is 11.8 Å². The zero-order valence-corrected chi connectivity index (χ0v) is 17.7. The molecule has 1 N–H and O–H groups in total. The van der Waals surface area contributed by atoms with Gasteiger partial charge in [0.2, 0.25) is 5.91 Å². The van der Waals surface area contributed by atoms with Crippen LogP contribution >= 0.6 is 0 Å². The summed E-state index contributed by atoms with van der Waals surface area (Å²) in [6.45, 7) is 2.45. The molecule has 5 heteroatoms. The van der Waals surface area contributed by atoms with Gasteiger partial charge in [-0.2, -0.15) is 0 Å². The number of carbonyl (C=O) groups excluding carboxylic acids is 1. The Morgan fingerprint density at radius 1 is 0.935 bits per heavy atom. The Hall–Kier alpha value is -3.34. The van der Waals surface area contributed by atoms with E-state index < -0.39 is 0 Å². The highest BCUT2D eigenvalue weighted by Gasteiger charge is 2.26. The highest BCUT2D eigenvalue weighted by Crippen LogP contribution is 2.29. The molecule has 5 rings (SSSR count). The molecule has 0 spiro atoms. The fourth-order valence-corrected chi connectivity index (χ4v) is 4.59. The zero-order chi connectivity index (χ0) is 21.0. The molecule has 158 valence electrons. The van der Waals surface area contributed by atoms with Gasteiger partial charge >= 0.3 is 0 Å². The molecule has 0 bridgehead atoms. The van der Waals surface area contributed by atoms with Crippen LogP contribution in [0.3, 0.4) is 0 Å². The fraction of sp³-hybridized carbons (Fsp3) is 0.308. The molecule has 4 aromatic rings. The first-order valence-corrected chi connectivity index (χ1v) is 11.2. The summed E-state index contributed by atoms with van der Waals surface area (Å²) in [7, 11) is 0. The number of aromatic nitrogens is 2. The Morgan fingerprint density at radius 3 is 2.52 bits per heavy atom. The number of carbonyl (C=O) groups is 1. The van der Waals surface area contributed by atoms with Crippen LogP contribution < -0.4 is 10.2 Å². The van der Waals surface area contributed by atoms with E-state index in [1.165, 1.54) is 5.56 Å². The van der Waals surface area contributed by atoms with E-state index in [2.05, 4.69) is 69.3 Å². The summed E-state index contributed by atoms with van der Waals surface area (Å²) in [5, 5.41) is 3.15. The number of aryl methyl sites for hydroxylation is 1. The topological polar surface area (TPSA) is 49.6 Å². The number of fused-ring (bicyclic) bond motifs is 3. The van der Waals surface area contributed by atoms with Crippen LogP contribution in [0.2, 0.25) is 0 Å². The molecule has 1 saturated heterocycles. The number of hydrogen-bond acceptors (Lipinski definition) is 3. The molecule has 0 saturated carbocycles. The number of piperidine rings is 1. The lowest BCUT2D eigenvalue weighted by Gasteiger charge is -2.32. The van der Waals surface area contributed by atoms with E-state index >= 15 is 0 Å². The second kappa shape index (κ2) is 8.80. The number of anilines is 1. The van der Waals surface area contributed by atoms with E-state index in [4.69, 9.17) is 4.98 Å². The number of nitrogens with one attached hydrogen (secondary N) is 1. The molecule has 0 aliphatic carbocycles. The first-order valence-electron chi connectivity index (χ1n) is 11.2. The monoisotopic (exact) mass is 412 g/mol. The predicted octanol–water partition coefficient (Wildman–Crippen LogP) is 4.45. The van der Waals surface area contributed by atoms with E-state index in [9.17, 15) is 4.79 Å². The zero-order valence-electron chi connectivity index (χ0n) is 17.7. The SMILES string of the molecule is O=C(NCCCc1ccccc1)C1CCN(c2nc3ccccc3n3cccc23)CC1. The summed E-state index contributed by atoms with van der Waals surface area (Å²) < 4.78 is 2.21. The predicted molar refractivity (Wildman–Crippen MR) is 125 cm³/mol. The molecule has 3 heterocycles. The Labute approximate surface area is 182 Å². The van der Waals surface area contributed by atoms with Crippen LogP contribution in [0, 0.1) is 5.92 Å². The van der Waals surface area contributed by atoms with Crippen LogP contribution in [-0.4, -0.2) is 34.9 Å². The lowest BCUT2D eigenvalue weighted by molar-refractivity contribution is -0.125. The van der Waals surface area contributed by atoms with Crippen molar-refractivity contribution in [3.63, 3.8) is 0 Å². The van der Waals surface area contributed by atoms with Crippen molar-refractivity contribution < 1.29 is 4.79 Å². The van der Waals surface area contributed by atoms with Crippen molar-refractivity contribution in [2.24, 2.45) is 5.92 Å². The first kappa shape index (κ1) is 19.6. The van der Waals surface area contributed by atoms with Crippen molar-refractivity contribution in [3.8, 4) is 0 Å². The standard InChI is InChI=1S/C26H28N4O/c31-26(27-16-6-10-20-8-2-1-3-9-20)21-14-18-29(19-15-21)25-24-13-7-17-30(24)23-12-5-4-11-22(23)28-25/h1-5,7-9,11-13,17,21H,6,10,14-16,18-19H2,(H,27,31). The van der Waals surface area contributed by atoms with Gasteiger partial charge in [0, 0.05) is 31.7 Å². The average Bonchev–Trinajstić information content (AvgIpc) is 3.32. The van der Waals surface area contributed by atoms with Crippen LogP contribution in [0.4, 0.5) is 5.82 Å². The molecule has 31 heavy (non-hydrogen) atoms. The highest BCUT2D eigenvalue weighted by atomic mass is 16.1. The molecule has 1 aliphatic rings. The van der Waals surface area contributed by atoms with Gasteiger partial charge in [0.25, 0.3) is 0 Å². The Balaban J connectivity index is 1.18. The van der Waals surface area contributed by atoms with Crippen molar-refractivity contribution in [2.75, 3.05) is 24.5 Å². The highest BCUT2D eigenvalue weighted by molar-refractivity contribution is 5.85. The van der Waals surface area contributed by atoms with Gasteiger partial charge in [0.1, 0.15) is 0 Å². The third kappa shape index (κ3) is 4.13. The molecule has 0 atom stereocenters. The van der Waals surface area contributed by atoms with Gasteiger partial charge in [-0.1, -0.05) is 42.5 Å². The van der Waals surface area contributed by atoms with Gasteiger partial charge in [-0.25, -0.2) is 4.98 Å². The second-order valence-corrected chi connectivity index (χ2v) is 8.33. The number of amides is 1. The molecular formula is C26H28N4O. The lowest BCUT2D eigenvalue weighted by atomic mass is 9.95. The summed E-state index contributed by atoms with van der Waals surface area (Å²) in [4.78, 5) is 19.9. The lowest BCUT2D eigenvalue weighted by Crippen LogP contribution is -2.41. The summed E-state index contributed by atoms with van der Waals surface area (Å²) in [6.07, 6.45) is 5.80.